The van der Waals surface area contributed by atoms with Crippen LogP contribution in [0.15, 0.2) is 84.4 Å². The first kappa shape index (κ1) is 27.9. The lowest BCUT2D eigenvalue weighted by molar-refractivity contribution is -0.140. The second kappa shape index (κ2) is 10.1. The van der Waals surface area contributed by atoms with Crippen molar-refractivity contribution in [1.82, 2.24) is 4.90 Å². The van der Waals surface area contributed by atoms with Gasteiger partial charge in [-0.3, -0.25) is 24.1 Å². The zero-order valence-corrected chi connectivity index (χ0v) is 24.8. The molecule has 4 amide bonds. The van der Waals surface area contributed by atoms with E-state index < -0.39 is 46.8 Å². The molecular formula is C34H28Cl2N2O5. The molecule has 2 aliphatic heterocycles. The number of nitrogens with zero attached hydrogens (tertiary/aromatic N) is 2. The fraction of sp³-hybridized carbons (Fsp3) is 0.294. The van der Waals surface area contributed by atoms with Gasteiger partial charge in [0, 0.05) is 28.1 Å². The van der Waals surface area contributed by atoms with Crippen molar-refractivity contribution in [2.45, 2.75) is 31.1 Å². The molecule has 1 saturated carbocycles. The Morgan fingerprint density at radius 2 is 1.60 bits per heavy atom. The molecule has 0 radical (unpaired) electrons. The molecule has 0 unspecified atom stereocenters. The van der Waals surface area contributed by atoms with Gasteiger partial charge >= 0.3 is 0 Å². The van der Waals surface area contributed by atoms with Gasteiger partial charge in [-0.05, 0) is 67.6 Å². The fourth-order valence-corrected chi connectivity index (χ4v) is 8.59. The number of hydrogen-bond acceptors (Lipinski definition) is 5. The summed E-state index contributed by atoms with van der Waals surface area (Å²) in [6.45, 7) is 2.04. The molecule has 0 spiro atoms. The first-order valence-electron chi connectivity index (χ1n) is 14.4. The van der Waals surface area contributed by atoms with Crippen LogP contribution in [0.2, 0.25) is 10.0 Å². The number of anilines is 1. The smallest absolute Gasteiger partial charge is 0.246 e. The second-order valence-corrected chi connectivity index (χ2v) is 12.6. The van der Waals surface area contributed by atoms with Crippen molar-refractivity contribution >= 4 is 52.5 Å². The Morgan fingerprint density at radius 1 is 0.860 bits per heavy atom. The van der Waals surface area contributed by atoms with Crippen molar-refractivity contribution in [3.63, 3.8) is 0 Å². The van der Waals surface area contributed by atoms with Crippen LogP contribution >= 0.6 is 23.2 Å². The number of likely N-dealkylation sites (tertiary alicyclic amines) is 1. The van der Waals surface area contributed by atoms with Gasteiger partial charge in [0.05, 0.1) is 28.9 Å². The van der Waals surface area contributed by atoms with E-state index in [0.717, 1.165) is 5.57 Å². The van der Waals surface area contributed by atoms with Crippen molar-refractivity contribution in [2.75, 3.05) is 11.4 Å². The SMILES string of the molecule is CCN1C(=O)[C@H]2[C@H](CC=C3[C@H]2C[C@H]2C(=O)N(c4cccc(Cl)c4)C(=O)[C@@]2(c2ccccc2)[C@H]3c2cc(Cl)ccc2O)C1=O. The van der Waals surface area contributed by atoms with Gasteiger partial charge in [0.15, 0.2) is 0 Å². The van der Waals surface area contributed by atoms with Gasteiger partial charge in [0.2, 0.25) is 23.6 Å². The quantitative estimate of drug-likeness (QED) is 0.292. The third-order valence-electron chi connectivity index (χ3n) is 9.88. The van der Waals surface area contributed by atoms with E-state index >= 15 is 4.79 Å². The average Bonchev–Trinajstić information content (AvgIpc) is 3.39. The Bertz CT molecular complexity index is 1740. The number of carbonyl (C=O) groups is 4. The van der Waals surface area contributed by atoms with Gasteiger partial charge in [0.1, 0.15) is 5.75 Å². The van der Waals surface area contributed by atoms with Crippen LogP contribution in [0.1, 0.15) is 36.8 Å². The lowest BCUT2D eigenvalue weighted by atomic mass is 9.49. The molecule has 43 heavy (non-hydrogen) atoms. The van der Waals surface area contributed by atoms with Gasteiger partial charge in [-0.2, -0.15) is 0 Å². The Hall–Kier alpha value is -3.94. The number of carbonyl (C=O) groups excluding carboxylic acids is 4. The highest BCUT2D eigenvalue weighted by Crippen LogP contribution is 2.65. The zero-order chi connectivity index (χ0) is 30.2. The van der Waals surface area contributed by atoms with Gasteiger partial charge in [-0.15, -0.1) is 0 Å². The first-order chi connectivity index (χ1) is 20.7. The van der Waals surface area contributed by atoms with E-state index in [1.54, 1.807) is 43.3 Å². The molecule has 4 aliphatic rings. The summed E-state index contributed by atoms with van der Waals surface area (Å²) < 4.78 is 0. The number of phenols is 1. The molecule has 3 fully saturated rings. The van der Waals surface area contributed by atoms with Crippen LogP contribution in [0.3, 0.4) is 0 Å². The zero-order valence-electron chi connectivity index (χ0n) is 23.2. The van der Waals surface area contributed by atoms with E-state index in [4.69, 9.17) is 23.2 Å². The maximum atomic E-state index is 15.1. The summed E-state index contributed by atoms with van der Waals surface area (Å²) in [6, 6.07) is 20.5. The molecular weight excluding hydrogens is 587 g/mol. The predicted octanol–water partition coefficient (Wildman–Crippen LogP) is 5.88. The standard InChI is InChI=1S/C34H28Cl2N2O5/c1-2-37-30(40)23-13-12-22-24(28(23)32(37)42)17-26-31(41)38(21-10-6-9-19(35)15-21)33(43)34(26,18-7-4-3-5-8-18)29(22)25-16-20(36)11-14-27(25)39/h3-12,14-16,23-24,26,28-29,39H,2,13,17H2,1H3/t23-,24+,26-,28-,29+,34+/m0/s1. The predicted molar refractivity (Wildman–Crippen MR) is 162 cm³/mol. The van der Waals surface area contributed by atoms with E-state index in [-0.39, 0.29) is 30.5 Å². The molecule has 3 aromatic rings. The van der Waals surface area contributed by atoms with Crippen molar-refractivity contribution < 1.29 is 24.3 Å². The number of rotatable bonds is 4. The molecule has 218 valence electrons. The lowest BCUT2D eigenvalue weighted by Crippen LogP contribution is -2.53. The minimum absolute atomic E-state index is 0.0717. The van der Waals surface area contributed by atoms with Crippen LogP contribution in [0.25, 0.3) is 0 Å². The largest absolute Gasteiger partial charge is 0.508 e. The Kier molecular flexibility index (Phi) is 6.52. The maximum absolute atomic E-state index is 15.1. The number of hydrogen-bond donors (Lipinski definition) is 1. The number of halogens is 2. The van der Waals surface area contributed by atoms with E-state index in [0.29, 0.717) is 33.3 Å². The van der Waals surface area contributed by atoms with Crippen LogP contribution < -0.4 is 4.90 Å². The summed E-state index contributed by atoms with van der Waals surface area (Å²) in [4.78, 5) is 59.2. The Labute approximate surface area is 258 Å². The summed E-state index contributed by atoms with van der Waals surface area (Å²) in [6.07, 6.45) is 2.48. The summed E-state index contributed by atoms with van der Waals surface area (Å²) in [5.74, 6) is -4.79. The maximum Gasteiger partial charge on any atom is 0.246 e. The Balaban J connectivity index is 1.53. The van der Waals surface area contributed by atoms with E-state index in [9.17, 15) is 19.5 Å². The summed E-state index contributed by atoms with van der Waals surface area (Å²) in [5.41, 5.74) is 0.674. The number of fused-ring (bicyclic) bond motifs is 4. The highest BCUT2D eigenvalue weighted by Gasteiger charge is 2.70. The molecule has 9 heteroatoms. The van der Waals surface area contributed by atoms with E-state index in [1.165, 1.54) is 15.9 Å². The highest BCUT2D eigenvalue weighted by molar-refractivity contribution is 6.32. The van der Waals surface area contributed by atoms with Crippen LogP contribution in [0, 0.1) is 23.7 Å². The van der Waals surface area contributed by atoms with Crippen LogP contribution in [0.4, 0.5) is 5.69 Å². The molecule has 6 atom stereocenters. The Morgan fingerprint density at radius 3 is 2.33 bits per heavy atom. The number of allylic oxidation sites excluding steroid dienone is 2. The summed E-state index contributed by atoms with van der Waals surface area (Å²) >= 11 is 12.8. The second-order valence-electron chi connectivity index (χ2n) is 11.7. The van der Waals surface area contributed by atoms with Crippen LogP contribution in [-0.2, 0) is 24.6 Å². The number of benzene rings is 3. The number of phenolic OH excluding ortho intramolecular Hbond substituents is 1. The normalized spacial score (nSPS) is 29.8. The first-order valence-corrected chi connectivity index (χ1v) is 15.2. The molecule has 7 rings (SSSR count). The number of aromatic hydroxyl groups is 1. The van der Waals surface area contributed by atoms with Crippen molar-refractivity contribution in [1.29, 1.82) is 0 Å². The van der Waals surface area contributed by atoms with Gasteiger partial charge in [0.25, 0.3) is 0 Å². The molecule has 0 bridgehead atoms. The minimum Gasteiger partial charge on any atom is -0.508 e. The molecule has 7 nitrogen and oxygen atoms in total. The molecule has 3 aromatic carbocycles. The van der Waals surface area contributed by atoms with Gasteiger partial charge < -0.3 is 5.11 Å². The molecule has 2 heterocycles. The fourth-order valence-electron chi connectivity index (χ4n) is 8.22. The highest BCUT2D eigenvalue weighted by atomic mass is 35.5. The molecule has 2 saturated heterocycles. The van der Waals surface area contributed by atoms with E-state index in [1.807, 2.05) is 36.4 Å². The van der Waals surface area contributed by atoms with Gasteiger partial charge in [-0.1, -0.05) is 71.2 Å². The topological polar surface area (TPSA) is 95.0 Å². The van der Waals surface area contributed by atoms with Crippen LogP contribution in [-0.4, -0.2) is 40.2 Å². The monoisotopic (exact) mass is 614 g/mol. The molecule has 1 N–H and O–H groups in total. The third kappa shape index (κ3) is 3.80. The summed E-state index contributed by atoms with van der Waals surface area (Å²) in [5, 5.41) is 12.1. The lowest BCUT2D eigenvalue weighted by Gasteiger charge is -2.50. The summed E-state index contributed by atoms with van der Waals surface area (Å²) in [7, 11) is 0. The molecule has 2 aliphatic carbocycles. The van der Waals surface area contributed by atoms with E-state index in [2.05, 4.69) is 0 Å². The van der Waals surface area contributed by atoms with Crippen LogP contribution in [0.5, 0.6) is 5.75 Å². The number of amides is 4. The number of imide groups is 2. The van der Waals surface area contributed by atoms with Crippen molar-refractivity contribution in [3.05, 3.63) is 106 Å². The minimum atomic E-state index is -1.46. The van der Waals surface area contributed by atoms with Crippen molar-refractivity contribution in [2.24, 2.45) is 23.7 Å². The third-order valence-corrected chi connectivity index (χ3v) is 10.3. The molecule has 0 aromatic heterocycles. The van der Waals surface area contributed by atoms with Gasteiger partial charge in [-0.25, -0.2) is 4.90 Å². The average molecular weight is 616 g/mol. The van der Waals surface area contributed by atoms with Crippen molar-refractivity contribution in [3.8, 4) is 5.75 Å².